The minimum absolute atomic E-state index is 0.0143. The molecule has 0 saturated carbocycles. The molecule has 0 amide bonds. The Kier molecular flexibility index (Phi) is 8.28. The minimum atomic E-state index is -3.97. The van der Waals surface area contributed by atoms with Crippen molar-refractivity contribution in [1.82, 2.24) is 0 Å². The molecule has 0 spiro atoms. The SMILES string of the molecule is COc1cc(/C=C\c2cc(O)c(OC)c(NS(=O)(=O)c3cccc(C(C)(C)C)c3)c2)cc(OC)c1OC. The molecule has 0 atom stereocenters. The summed E-state index contributed by atoms with van der Waals surface area (Å²) in [4.78, 5) is 0.111. The molecule has 0 saturated heterocycles. The first-order valence-electron chi connectivity index (χ1n) is 11.5. The fourth-order valence-corrected chi connectivity index (χ4v) is 4.84. The van der Waals surface area contributed by atoms with E-state index in [2.05, 4.69) is 4.72 Å². The van der Waals surface area contributed by atoms with Crippen LogP contribution < -0.4 is 23.7 Å². The first kappa shape index (κ1) is 27.7. The summed E-state index contributed by atoms with van der Waals surface area (Å²) in [6.45, 7) is 6.03. The Morgan fingerprint density at radius 1 is 0.784 bits per heavy atom. The lowest BCUT2D eigenvalue weighted by molar-refractivity contribution is 0.324. The van der Waals surface area contributed by atoms with Crippen molar-refractivity contribution in [3.05, 3.63) is 65.2 Å². The van der Waals surface area contributed by atoms with Crippen LogP contribution in [-0.2, 0) is 15.4 Å². The zero-order chi connectivity index (χ0) is 27.4. The number of rotatable bonds is 9. The number of nitrogens with one attached hydrogen (secondary N) is 1. The highest BCUT2D eigenvalue weighted by molar-refractivity contribution is 7.92. The van der Waals surface area contributed by atoms with Crippen molar-refractivity contribution >= 4 is 27.9 Å². The van der Waals surface area contributed by atoms with Gasteiger partial charge in [-0.1, -0.05) is 45.1 Å². The number of phenols is 1. The molecular weight excluding hydrogens is 494 g/mol. The van der Waals surface area contributed by atoms with Gasteiger partial charge in [0, 0.05) is 0 Å². The summed E-state index contributed by atoms with van der Waals surface area (Å²) in [6.07, 6.45) is 3.49. The lowest BCUT2D eigenvalue weighted by atomic mass is 9.87. The number of anilines is 1. The van der Waals surface area contributed by atoms with Crippen molar-refractivity contribution in [3.63, 3.8) is 0 Å². The topological polar surface area (TPSA) is 103 Å². The maximum absolute atomic E-state index is 13.2. The average Bonchev–Trinajstić information content (AvgIpc) is 2.86. The van der Waals surface area contributed by atoms with E-state index in [0.29, 0.717) is 22.8 Å². The van der Waals surface area contributed by atoms with Gasteiger partial charge in [0.1, 0.15) is 0 Å². The summed E-state index contributed by atoms with van der Waals surface area (Å²) in [5, 5.41) is 10.6. The Balaban J connectivity index is 2.00. The van der Waals surface area contributed by atoms with Crippen molar-refractivity contribution < 1.29 is 32.5 Å². The molecule has 0 fully saturated rings. The molecule has 3 aromatic rings. The number of sulfonamides is 1. The van der Waals surface area contributed by atoms with Crippen LogP contribution in [0.1, 0.15) is 37.5 Å². The molecule has 0 heterocycles. The molecule has 8 nitrogen and oxygen atoms in total. The second-order valence-electron chi connectivity index (χ2n) is 9.30. The Labute approximate surface area is 218 Å². The molecule has 0 aliphatic rings. The Morgan fingerprint density at radius 3 is 1.86 bits per heavy atom. The third-order valence-corrected chi connectivity index (χ3v) is 7.07. The van der Waals surface area contributed by atoms with Crippen molar-refractivity contribution in [2.75, 3.05) is 33.2 Å². The van der Waals surface area contributed by atoms with Gasteiger partial charge in [-0.25, -0.2) is 8.42 Å². The van der Waals surface area contributed by atoms with Gasteiger partial charge in [0.25, 0.3) is 10.0 Å². The van der Waals surface area contributed by atoms with E-state index in [9.17, 15) is 13.5 Å². The van der Waals surface area contributed by atoms with Crippen LogP contribution in [0.15, 0.2) is 53.4 Å². The fraction of sp³-hybridized carbons (Fsp3) is 0.286. The zero-order valence-electron chi connectivity index (χ0n) is 22.1. The Morgan fingerprint density at radius 2 is 1.35 bits per heavy atom. The molecule has 0 unspecified atom stereocenters. The molecule has 0 bridgehead atoms. The molecule has 0 aliphatic carbocycles. The van der Waals surface area contributed by atoms with E-state index in [1.807, 2.05) is 26.8 Å². The number of benzene rings is 3. The van der Waals surface area contributed by atoms with Crippen LogP contribution in [0.2, 0.25) is 0 Å². The molecule has 9 heteroatoms. The van der Waals surface area contributed by atoms with Gasteiger partial charge in [-0.15, -0.1) is 0 Å². The first-order valence-corrected chi connectivity index (χ1v) is 12.9. The highest BCUT2D eigenvalue weighted by Crippen LogP contribution is 2.40. The number of methoxy groups -OCH3 is 4. The third-order valence-electron chi connectivity index (χ3n) is 5.71. The molecule has 2 N–H and O–H groups in total. The molecule has 3 rings (SSSR count). The molecule has 0 aliphatic heterocycles. The van der Waals surface area contributed by atoms with Crippen molar-refractivity contribution in [1.29, 1.82) is 0 Å². The van der Waals surface area contributed by atoms with E-state index in [0.717, 1.165) is 11.1 Å². The van der Waals surface area contributed by atoms with Crippen molar-refractivity contribution in [3.8, 4) is 28.7 Å². The van der Waals surface area contributed by atoms with E-state index in [-0.39, 0.29) is 27.5 Å². The van der Waals surface area contributed by atoms with Gasteiger partial charge in [-0.2, -0.15) is 0 Å². The first-order chi connectivity index (χ1) is 17.4. The summed E-state index contributed by atoms with van der Waals surface area (Å²) < 4.78 is 50.5. The minimum Gasteiger partial charge on any atom is -0.504 e. The van der Waals surface area contributed by atoms with Crippen LogP contribution in [-0.4, -0.2) is 42.0 Å². The number of aromatic hydroxyl groups is 1. The number of hydrogen-bond acceptors (Lipinski definition) is 7. The van der Waals surface area contributed by atoms with Gasteiger partial charge in [-0.05, 0) is 58.5 Å². The smallest absolute Gasteiger partial charge is 0.262 e. The number of ether oxygens (including phenoxy) is 4. The molecule has 0 aromatic heterocycles. The maximum Gasteiger partial charge on any atom is 0.262 e. The van der Waals surface area contributed by atoms with E-state index in [1.165, 1.54) is 40.6 Å². The second kappa shape index (κ2) is 11.0. The van der Waals surface area contributed by atoms with Gasteiger partial charge in [0.2, 0.25) is 5.75 Å². The van der Waals surface area contributed by atoms with Gasteiger partial charge < -0.3 is 24.1 Å². The van der Waals surface area contributed by atoms with Crippen LogP contribution in [0.3, 0.4) is 0 Å². The third kappa shape index (κ3) is 6.29. The van der Waals surface area contributed by atoms with E-state index >= 15 is 0 Å². The quantitative estimate of drug-likeness (QED) is 0.344. The number of phenolic OH excluding ortho intramolecular Hbond substituents is 1. The highest BCUT2D eigenvalue weighted by atomic mass is 32.2. The zero-order valence-corrected chi connectivity index (χ0v) is 22.9. The average molecular weight is 528 g/mol. The number of hydrogen-bond donors (Lipinski definition) is 2. The summed E-state index contributed by atoms with van der Waals surface area (Å²) in [6, 6.07) is 13.4. The van der Waals surface area contributed by atoms with Crippen LogP contribution in [0.5, 0.6) is 28.7 Å². The highest BCUT2D eigenvalue weighted by Gasteiger charge is 2.22. The van der Waals surface area contributed by atoms with Crippen LogP contribution in [0.4, 0.5) is 5.69 Å². The Hall–Kier alpha value is -3.85. The standard InChI is InChI=1S/C28H33NO7S/c1-28(2,3)20-9-8-10-21(17-20)37(31,32)29-22-13-18(14-23(30)26(22)35-6)11-12-19-15-24(33-4)27(36-7)25(16-19)34-5/h8-17,29-30H,1-7H3/b12-11-. The normalized spacial score (nSPS) is 11.9. The lowest BCUT2D eigenvalue weighted by Crippen LogP contribution is -2.16. The maximum atomic E-state index is 13.2. The molecule has 198 valence electrons. The van der Waals surface area contributed by atoms with Crippen LogP contribution >= 0.6 is 0 Å². The summed E-state index contributed by atoms with van der Waals surface area (Å²) in [5.74, 6) is 1.25. The predicted molar refractivity (Wildman–Crippen MR) is 146 cm³/mol. The molecule has 3 aromatic carbocycles. The summed E-state index contributed by atoms with van der Waals surface area (Å²) in [7, 11) is 1.98. The molecular formula is C28H33NO7S. The lowest BCUT2D eigenvalue weighted by Gasteiger charge is -2.20. The largest absolute Gasteiger partial charge is 0.504 e. The summed E-state index contributed by atoms with van der Waals surface area (Å²) >= 11 is 0. The van der Waals surface area contributed by atoms with Crippen LogP contribution in [0, 0.1) is 0 Å². The monoisotopic (exact) mass is 527 g/mol. The van der Waals surface area contributed by atoms with E-state index < -0.39 is 10.0 Å². The van der Waals surface area contributed by atoms with Gasteiger partial charge >= 0.3 is 0 Å². The predicted octanol–water partition coefficient (Wildman–Crippen LogP) is 5.70. The van der Waals surface area contributed by atoms with Gasteiger partial charge in [-0.3, -0.25) is 4.72 Å². The molecule has 37 heavy (non-hydrogen) atoms. The van der Waals surface area contributed by atoms with Gasteiger partial charge in [0.15, 0.2) is 23.0 Å². The van der Waals surface area contributed by atoms with Gasteiger partial charge in [0.05, 0.1) is 39.0 Å². The van der Waals surface area contributed by atoms with Crippen LogP contribution in [0.25, 0.3) is 12.2 Å². The van der Waals surface area contributed by atoms with E-state index in [4.69, 9.17) is 18.9 Å². The van der Waals surface area contributed by atoms with E-state index in [1.54, 1.807) is 42.5 Å². The fourth-order valence-electron chi connectivity index (χ4n) is 3.75. The summed E-state index contributed by atoms with van der Waals surface area (Å²) in [5.41, 5.74) is 2.04. The van der Waals surface area contributed by atoms with Crippen molar-refractivity contribution in [2.24, 2.45) is 0 Å². The Bertz CT molecular complexity index is 1380. The molecule has 0 radical (unpaired) electrons. The second-order valence-corrected chi connectivity index (χ2v) is 11.0. The van der Waals surface area contributed by atoms with Crippen molar-refractivity contribution in [2.45, 2.75) is 31.1 Å².